The molecule has 0 saturated carbocycles. The lowest BCUT2D eigenvalue weighted by Crippen LogP contribution is -2.11. The lowest BCUT2D eigenvalue weighted by atomic mass is 9.94. The Morgan fingerprint density at radius 3 is 2.32 bits per heavy atom. The normalized spacial score (nSPS) is 12.7. The number of nitrogens with one attached hydrogen (secondary N) is 1. The van der Waals surface area contributed by atoms with Gasteiger partial charge in [-0.05, 0) is 35.3 Å². The predicted octanol–water partition coefficient (Wildman–Crippen LogP) is 4.81. The number of hydrogen-bond donors (Lipinski definition) is 2. The molecule has 22 heavy (non-hydrogen) atoms. The molecular formula is C20H22N2. The van der Waals surface area contributed by atoms with Gasteiger partial charge in [0.15, 0.2) is 0 Å². The highest BCUT2D eigenvalue weighted by molar-refractivity contribution is 5.97. The lowest BCUT2D eigenvalue weighted by Gasteiger charge is -2.11. The van der Waals surface area contributed by atoms with Crippen LogP contribution in [0, 0.1) is 5.41 Å². The third-order valence-electron chi connectivity index (χ3n) is 3.10. The number of hydrogen-bond acceptors (Lipinski definition) is 1. The highest BCUT2D eigenvalue weighted by Gasteiger charge is 2.06. The van der Waals surface area contributed by atoms with Gasteiger partial charge in [0.25, 0.3) is 0 Å². The molecule has 0 saturated heterocycles. The molecule has 0 atom stereocenters. The number of rotatable bonds is 7. The lowest BCUT2D eigenvalue weighted by molar-refractivity contribution is 1.37. The van der Waals surface area contributed by atoms with Crippen molar-refractivity contribution in [2.24, 2.45) is 5.73 Å². The van der Waals surface area contributed by atoms with Crippen LogP contribution in [0.2, 0.25) is 0 Å². The van der Waals surface area contributed by atoms with Gasteiger partial charge < -0.3 is 5.73 Å². The fraction of sp³-hybridized carbons (Fsp3) is 0.0500. The average Bonchev–Trinajstić information content (AvgIpc) is 2.51. The van der Waals surface area contributed by atoms with Crippen molar-refractivity contribution in [3.05, 3.63) is 102 Å². The Balaban J connectivity index is 3.37. The number of nitrogens with two attached hydrogens (primary N) is 1. The van der Waals surface area contributed by atoms with E-state index in [1.807, 2.05) is 43.3 Å². The van der Waals surface area contributed by atoms with Crippen LogP contribution in [0.5, 0.6) is 0 Å². The number of allylic oxidation sites excluding steroid dienone is 6. The Bertz CT molecular complexity index is 671. The van der Waals surface area contributed by atoms with E-state index in [0.29, 0.717) is 5.57 Å². The van der Waals surface area contributed by atoms with Gasteiger partial charge in [-0.15, -0.1) is 0 Å². The molecule has 0 radical (unpaired) electrons. The molecule has 3 N–H and O–H groups in total. The molecule has 0 bridgehead atoms. The minimum Gasteiger partial charge on any atom is -0.384 e. The van der Waals surface area contributed by atoms with E-state index in [-0.39, 0.29) is 5.84 Å². The van der Waals surface area contributed by atoms with Gasteiger partial charge >= 0.3 is 0 Å². The second-order valence-corrected chi connectivity index (χ2v) is 4.80. The smallest absolute Gasteiger partial charge is 0.122 e. The molecule has 0 unspecified atom stereocenters. The van der Waals surface area contributed by atoms with E-state index >= 15 is 0 Å². The standard InChI is InChI=1S/C20H22N2/c1-5-10-18(6-2)19(14-16(4)20(21)22)15(3)13-17-11-8-7-9-12-17/h5-14H,1-2,4H2,3H3,(H3,21,22)/b15-13+,18-10+,19-14+. The molecule has 0 spiro atoms. The summed E-state index contributed by atoms with van der Waals surface area (Å²) in [5.74, 6) is -0.0490. The van der Waals surface area contributed by atoms with E-state index in [4.69, 9.17) is 11.1 Å². The first-order valence-corrected chi connectivity index (χ1v) is 6.93. The minimum atomic E-state index is -0.0490. The van der Waals surface area contributed by atoms with Crippen molar-refractivity contribution in [1.29, 1.82) is 5.41 Å². The number of benzene rings is 1. The molecule has 1 rings (SSSR count). The SMILES string of the molecule is C=C/C=C(C=C)/C(=C/C(=C)C(=N)N)C(/C)=C/c1ccccc1. The van der Waals surface area contributed by atoms with Crippen LogP contribution in [0.3, 0.4) is 0 Å². The van der Waals surface area contributed by atoms with Gasteiger partial charge in [0.2, 0.25) is 0 Å². The van der Waals surface area contributed by atoms with Crippen LogP contribution in [-0.4, -0.2) is 5.84 Å². The van der Waals surface area contributed by atoms with Crippen molar-refractivity contribution in [3.63, 3.8) is 0 Å². The van der Waals surface area contributed by atoms with Crippen molar-refractivity contribution >= 4 is 11.9 Å². The fourth-order valence-corrected chi connectivity index (χ4v) is 1.95. The van der Waals surface area contributed by atoms with Crippen LogP contribution in [0.4, 0.5) is 0 Å². The summed E-state index contributed by atoms with van der Waals surface area (Å²) < 4.78 is 0. The molecule has 0 aliphatic rings. The molecule has 0 heterocycles. The van der Waals surface area contributed by atoms with Gasteiger partial charge in [-0.3, -0.25) is 5.41 Å². The Kier molecular flexibility index (Phi) is 6.58. The minimum absolute atomic E-state index is 0.0490. The zero-order valence-corrected chi connectivity index (χ0v) is 13.0. The summed E-state index contributed by atoms with van der Waals surface area (Å²) in [7, 11) is 0. The van der Waals surface area contributed by atoms with Gasteiger partial charge in [0, 0.05) is 5.57 Å². The molecule has 1 aromatic rings. The Morgan fingerprint density at radius 2 is 1.82 bits per heavy atom. The van der Waals surface area contributed by atoms with E-state index < -0.39 is 0 Å². The highest BCUT2D eigenvalue weighted by atomic mass is 14.7. The van der Waals surface area contributed by atoms with Crippen LogP contribution >= 0.6 is 0 Å². The first-order chi connectivity index (χ1) is 10.5. The Labute approximate surface area is 132 Å². The largest absolute Gasteiger partial charge is 0.384 e. The van der Waals surface area contributed by atoms with Crippen molar-refractivity contribution in [2.75, 3.05) is 0 Å². The molecule has 0 amide bonds. The van der Waals surface area contributed by atoms with Gasteiger partial charge in [-0.25, -0.2) is 0 Å². The van der Waals surface area contributed by atoms with E-state index in [2.05, 4.69) is 25.8 Å². The Hall–Kier alpha value is -2.87. The average molecular weight is 290 g/mol. The summed E-state index contributed by atoms with van der Waals surface area (Å²) in [5, 5.41) is 7.50. The van der Waals surface area contributed by atoms with Crippen molar-refractivity contribution in [1.82, 2.24) is 0 Å². The summed E-state index contributed by atoms with van der Waals surface area (Å²) in [6.07, 6.45) is 9.20. The van der Waals surface area contributed by atoms with Crippen LogP contribution in [0.1, 0.15) is 12.5 Å². The van der Waals surface area contributed by atoms with E-state index in [0.717, 1.165) is 22.3 Å². The van der Waals surface area contributed by atoms with Crippen LogP contribution in [0.15, 0.2) is 96.7 Å². The summed E-state index contributed by atoms with van der Waals surface area (Å²) in [6, 6.07) is 10.0. The first kappa shape index (κ1) is 17.2. The zero-order chi connectivity index (χ0) is 16.5. The van der Waals surface area contributed by atoms with Gasteiger partial charge in [0.1, 0.15) is 5.84 Å². The molecule has 112 valence electrons. The monoisotopic (exact) mass is 290 g/mol. The second-order valence-electron chi connectivity index (χ2n) is 4.80. The van der Waals surface area contributed by atoms with Crippen LogP contribution < -0.4 is 5.73 Å². The van der Waals surface area contributed by atoms with E-state index in [1.165, 1.54) is 0 Å². The van der Waals surface area contributed by atoms with E-state index in [1.54, 1.807) is 18.2 Å². The molecule has 0 aliphatic carbocycles. The molecule has 0 aliphatic heterocycles. The highest BCUT2D eigenvalue weighted by Crippen LogP contribution is 2.24. The van der Waals surface area contributed by atoms with Crippen molar-refractivity contribution in [3.8, 4) is 0 Å². The van der Waals surface area contributed by atoms with Crippen molar-refractivity contribution in [2.45, 2.75) is 6.92 Å². The molecular weight excluding hydrogens is 268 g/mol. The second kappa shape index (κ2) is 8.42. The maximum absolute atomic E-state index is 7.50. The summed E-state index contributed by atoms with van der Waals surface area (Å²) >= 11 is 0. The molecule has 2 heteroatoms. The van der Waals surface area contributed by atoms with E-state index in [9.17, 15) is 0 Å². The third-order valence-corrected chi connectivity index (χ3v) is 3.10. The number of amidine groups is 1. The zero-order valence-electron chi connectivity index (χ0n) is 13.0. The van der Waals surface area contributed by atoms with Crippen molar-refractivity contribution < 1.29 is 0 Å². The maximum atomic E-state index is 7.50. The first-order valence-electron chi connectivity index (χ1n) is 6.93. The maximum Gasteiger partial charge on any atom is 0.122 e. The summed E-state index contributed by atoms with van der Waals surface area (Å²) in [4.78, 5) is 0. The van der Waals surface area contributed by atoms with Crippen LogP contribution in [-0.2, 0) is 0 Å². The molecule has 0 fully saturated rings. The molecule has 2 nitrogen and oxygen atoms in total. The summed E-state index contributed by atoms with van der Waals surface area (Å²) in [6.45, 7) is 13.4. The molecule has 0 aromatic heterocycles. The quantitative estimate of drug-likeness (QED) is 0.423. The predicted molar refractivity (Wildman–Crippen MR) is 97.7 cm³/mol. The van der Waals surface area contributed by atoms with Crippen LogP contribution in [0.25, 0.3) is 6.08 Å². The summed E-state index contributed by atoms with van der Waals surface area (Å²) in [5.41, 5.74) is 9.92. The fourth-order valence-electron chi connectivity index (χ4n) is 1.95. The molecule has 1 aromatic carbocycles. The topological polar surface area (TPSA) is 49.9 Å². The van der Waals surface area contributed by atoms with Gasteiger partial charge in [-0.2, -0.15) is 0 Å². The van der Waals surface area contributed by atoms with Gasteiger partial charge in [0.05, 0.1) is 0 Å². The third kappa shape index (κ3) is 4.91. The van der Waals surface area contributed by atoms with Gasteiger partial charge in [-0.1, -0.05) is 74.4 Å². The Morgan fingerprint density at radius 1 is 1.18 bits per heavy atom.